The van der Waals surface area contributed by atoms with Crippen molar-refractivity contribution in [1.29, 1.82) is 0 Å². The van der Waals surface area contributed by atoms with Crippen LogP contribution in [0, 0.1) is 35.5 Å². The first-order valence-electron chi connectivity index (χ1n) is 31.5. The first-order chi connectivity index (χ1) is 38.0. The van der Waals surface area contributed by atoms with Gasteiger partial charge in [-0.25, -0.2) is 0 Å². The molecular weight excluding hydrogens is 1020 g/mol. The van der Waals surface area contributed by atoms with Crippen LogP contribution >= 0.6 is 0 Å². The van der Waals surface area contributed by atoms with Crippen molar-refractivity contribution in [2.45, 2.75) is 313 Å². The average molecular weight is 1110 g/mol. The van der Waals surface area contributed by atoms with Gasteiger partial charge in [-0.2, -0.15) is 0 Å². The van der Waals surface area contributed by atoms with E-state index in [4.69, 9.17) is 61.6 Å². The minimum absolute atomic E-state index is 0.00197. The molecule has 3 N–H and O–H groups in total. The maximum absolute atomic E-state index is 14.6. The van der Waals surface area contributed by atoms with Crippen molar-refractivity contribution >= 4 is 5.97 Å². The summed E-state index contributed by atoms with van der Waals surface area (Å²) < 4.78 is 90.9. The van der Waals surface area contributed by atoms with Crippen molar-refractivity contribution in [2.24, 2.45) is 35.5 Å². The van der Waals surface area contributed by atoms with Crippen LogP contribution in [0.2, 0.25) is 0 Å². The Morgan fingerprint density at radius 2 is 1.32 bits per heavy atom. The summed E-state index contributed by atoms with van der Waals surface area (Å²) in [5.41, 5.74) is 1.56. The van der Waals surface area contributed by atoms with E-state index in [1.807, 2.05) is 0 Å². The number of aliphatic hydroxyl groups excluding tert-OH is 3. The number of hydrogen-bond donors (Lipinski definition) is 3. The lowest BCUT2D eigenvalue weighted by Gasteiger charge is -2.51. The summed E-state index contributed by atoms with van der Waals surface area (Å²) in [6.45, 7) is 17.7. The molecule has 0 aromatic heterocycles. The topological polar surface area (TPSA) is 198 Å². The van der Waals surface area contributed by atoms with Crippen LogP contribution in [0.1, 0.15) is 156 Å². The third-order valence-corrected chi connectivity index (χ3v) is 23.2. The molecule has 0 aromatic rings. The number of esters is 1. The number of hydrogen-bond acceptors (Lipinski definition) is 17. The number of aliphatic hydroxyl groups is 3. The third kappa shape index (κ3) is 9.45. The molecule has 440 valence electrons. The molecule has 14 aliphatic heterocycles. The Bertz CT molecular complexity index is 2340. The van der Waals surface area contributed by atoms with E-state index in [0.717, 1.165) is 89.0 Å². The molecule has 16 rings (SSSR count). The summed E-state index contributed by atoms with van der Waals surface area (Å²) in [6, 6.07) is 0. The Hall–Kier alpha value is -1.65. The van der Waals surface area contributed by atoms with Crippen LogP contribution in [-0.4, -0.2) is 185 Å². The van der Waals surface area contributed by atoms with Gasteiger partial charge < -0.3 is 76.9 Å². The molecule has 3 spiro atoms. The molecule has 16 aliphatic rings. The van der Waals surface area contributed by atoms with E-state index in [-0.39, 0.29) is 169 Å². The molecule has 0 amide bonds. The SMILES string of the molecule is C=C1C[C@@H]2CC[C@@]34CC5O[C@H]6[C@@H](O3)[C@H]3O[C@H](CC[C@@H]3O[C@H]6[C@H]5C4)CC(=O)O[C@@H]3[C@@H](C)[C@@H]4O[C@@H]5C[C@]6(C[C@@H]7C[C@@]8(C[C@H](C)[C@@H]7O6)C[C@H](C)[C@@H]6O[C@H]([C@H](O)C[C@H](O)CO)C[C@@H]6O8)O[C@@H]5C[C@@H]4O[C@H]3CC3O[C@@H](CCC1O2)C[C@@H](C)C3=C. The van der Waals surface area contributed by atoms with Gasteiger partial charge in [0.05, 0.1) is 140 Å². The van der Waals surface area contributed by atoms with E-state index >= 15 is 0 Å². The van der Waals surface area contributed by atoms with Crippen molar-refractivity contribution < 1.29 is 81.7 Å². The highest BCUT2D eigenvalue weighted by atomic mass is 16.7. The Morgan fingerprint density at radius 1 is 0.544 bits per heavy atom. The largest absolute Gasteiger partial charge is 0.459 e. The minimum atomic E-state index is -0.988. The predicted octanol–water partition coefficient (Wildman–Crippen LogP) is 6.25. The maximum Gasteiger partial charge on any atom is 0.308 e. The Balaban J connectivity index is 0.655. The summed E-state index contributed by atoms with van der Waals surface area (Å²) in [7, 11) is 0. The molecule has 14 heterocycles. The second-order valence-corrected chi connectivity index (χ2v) is 28.7. The maximum atomic E-state index is 14.6. The molecule has 17 heteroatoms. The number of fused-ring (bicyclic) bond motifs is 10. The summed E-state index contributed by atoms with van der Waals surface area (Å²) in [6.07, 6.45) is 8.28. The molecule has 14 saturated heterocycles. The second kappa shape index (κ2) is 20.2. The first kappa shape index (κ1) is 54.0. The average Bonchev–Trinajstić information content (AvgIpc) is 4.26. The van der Waals surface area contributed by atoms with Crippen LogP contribution in [0.15, 0.2) is 24.3 Å². The van der Waals surface area contributed by atoms with Crippen LogP contribution in [0.4, 0.5) is 0 Å². The van der Waals surface area contributed by atoms with Crippen LogP contribution in [-0.2, 0) is 66.4 Å². The van der Waals surface area contributed by atoms with Gasteiger partial charge in [0.1, 0.15) is 24.4 Å². The van der Waals surface area contributed by atoms with Gasteiger partial charge in [-0.05, 0) is 112 Å². The molecule has 2 saturated carbocycles. The second-order valence-electron chi connectivity index (χ2n) is 28.7. The van der Waals surface area contributed by atoms with Gasteiger partial charge in [-0.15, -0.1) is 0 Å². The molecule has 12 bridgehead atoms. The third-order valence-electron chi connectivity index (χ3n) is 23.2. The van der Waals surface area contributed by atoms with Crippen molar-refractivity contribution in [3.05, 3.63) is 24.3 Å². The normalized spacial score (nSPS) is 57.2. The van der Waals surface area contributed by atoms with Gasteiger partial charge in [-0.3, -0.25) is 4.79 Å². The Kier molecular flexibility index (Phi) is 13.8. The van der Waals surface area contributed by atoms with Crippen molar-refractivity contribution in [2.75, 3.05) is 6.61 Å². The summed E-state index contributed by atoms with van der Waals surface area (Å²) in [5, 5.41) is 30.4. The quantitative estimate of drug-likeness (QED) is 0.211. The van der Waals surface area contributed by atoms with Gasteiger partial charge in [0.2, 0.25) is 0 Å². The zero-order valence-corrected chi connectivity index (χ0v) is 47.1. The van der Waals surface area contributed by atoms with Gasteiger partial charge in [0.25, 0.3) is 0 Å². The van der Waals surface area contributed by atoms with Crippen molar-refractivity contribution in [1.82, 2.24) is 0 Å². The summed E-state index contributed by atoms with van der Waals surface area (Å²) in [4.78, 5) is 14.6. The van der Waals surface area contributed by atoms with Gasteiger partial charge in [0, 0.05) is 56.8 Å². The Labute approximate surface area is 466 Å². The molecule has 17 nitrogen and oxygen atoms in total. The van der Waals surface area contributed by atoms with E-state index in [1.54, 1.807) is 0 Å². The van der Waals surface area contributed by atoms with Gasteiger partial charge >= 0.3 is 5.97 Å². The standard InChI is InChI=1S/C62H90O17/c1-28-13-36-7-9-41-29(2)14-38(67-41)11-12-60-24-39-49(25-60)73-58-56(39)71-42-10-8-37(69-57(42)59(58)78-60)16-51(66)75-55-33(6)54-47(70-46(55)17-43(68-36)32(28)5)19-45-50(74-54)26-62(77-45)23-34-22-61(20-30(3)52(34)79-62)21-31(4)53-48(76-61)18-44(72-53)40(65)15-35(64)27-63/h28,30-31,33-50,52-59,63-65H,2,5,7-27H2,1,3-4,6H3/t28-,30+,31+,33+,34+,35+,36+,37-,38+,39+,40-,41?,42+,43?,44+,45-,46+,47+,48+,49?,50-,52+,53+,54+,55-,56+,57+,58-,59+,60-,61-,62-/m1/s1. The van der Waals surface area contributed by atoms with Crippen LogP contribution in [0.5, 0.6) is 0 Å². The lowest BCUT2D eigenvalue weighted by atomic mass is 9.66. The number of ether oxygens (including phenoxy) is 13. The lowest BCUT2D eigenvalue weighted by Crippen LogP contribution is -2.61. The van der Waals surface area contributed by atoms with E-state index in [1.165, 1.54) is 5.57 Å². The van der Waals surface area contributed by atoms with E-state index in [9.17, 15) is 20.1 Å². The minimum Gasteiger partial charge on any atom is -0.459 e. The highest BCUT2D eigenvalue weighted by molar-refractivity contribution is 5.70. The Morgan fingerprint density at radius 3 is 2.16 bits per heavy atom. The fourth-order valence-electron chi connectivity index (χ4n) is 19.7. The van der Waals surface area contributed by atoms with E-state index in [0.29, 0.717) is 38.0 Å². The molecule has 32 atom stereocenters. The summed E-state index contributed by atoms with van der Waals surface area (Å²) in [5.74, 6) is -0.0588. The summed E-state index contributed by atoms with van der Waals surface area (Å²) >= 11 is 0. The molecule has 2 aliphatic carbocycles. The van der Waals surface area contributed by atoms with Crippen LogP contribution in [0.25, 0.3) is 0 Å². The lowest BCUT2D eigenvalue weighted by molar-refractivity contribution is -0.278. The zero-order valence-electron chi connectivity index (χ0n) is 47.1. The predicted molar refractivity (Wildman–Crippen MR) is 280 cm³/mol. The highest BCUT2D eigenvalue weighted by Crippen LogP contribution is 2.60. The van der Waals surface area contributed by atoms with Crippen LogP contribution in [0.3, 0.4) is 0 Å². The van der Waals surface area contributed by atoms with Gasteiger partial charge in [-0.1, -0.05) is 40.9 Å². The fourth-order valence-corrected chi connectivity index (χ4v) is 19.7. The molecule has 0 radical (unpaired) electrons. The zero-order chi connectivity index (χ0) is 54.0. The van der Waals surface area contributed by atoms with E-state index in [2.05, 4.69) is 40.9 Å². The monoisotopic (exact) mass is 1110 g/mol. The number of carbonyl (C=O) groups excluding carboxylic acids is 1. The molecule has 3 unspecified atom stereocenters. The molecular formula is C62H90O17. The fraction of sp³-hybridized carbons (Fsp3) is 0.919. The molecule has 16 fully saturated rings. The van der Waals surface area contributed by atoms with Crippen LogP contribution < -0.4 is 0 Å². The molecule has 79 heavy (non-hydrogen) atoms. The first-order valence-corrected chi connectivity index (χ1v) is 31.5. The molecule has 0 aromatic carbocycles. The van der Waals surface area contributed by atoms with Crippen molar-refractivity contribution in [3.8, 4) is 0 Å². The van der Waals surface area contributed by atoms with Crippen molar-refractivity contribution in [3.63, 3.8) is 0 Å². The smallest absolute Gasteiger partial charge is 0.308 e. The van der Waals surface area contributed by atoms with Gasteiger partial charge in [0.15, 0.2) is 5.79 Å². The number of rotatable bonds is 4. The van der Waals surface area contributed by atoms with E-state index < -0.39 is 42.9 Å². The highest BCUT2D eigenvalue weighted by Gasteiger charge is 2.69. The number of carbonyl (C=O) groups is 1.